The van der Waals surface area contributed by atoms with Crippen LogP contribution in [0.25, 0.3) is 10.2 Å². The fraction of sp³-hybridized carbons (Fsp3) is 0.348. The number of benzene rings is 1. The number of hydrogen-bond donors (Lipinski definition) is 0. The van der Waals surface area contributed by atoms with Crippen LogP contribution in [0.4, 0.5) is 0 Å². The van der Waals surface area contributed by atoms with Crippen LogP contribution in [-0.4, -0.2) is 27.2 Å². The van der Waals surface area contributed by atoms with Crippen LogP contribution in [0, 0.1) is 5.92 Å². The normalized spacial score (nSPS) is 15.9. The monoisotopic (exact) mass is 474 g/mol. The van der Waals surface area contributed by atoms with Crippen molar-refractivity contribution in [1.29, 1.82) is 0 Å². The van der Waals surface area contributed by atoms with Crippen molar-refractivity contribution in [2.45, 2.75) is 44.7 Å². The molecule has 0 amide bonds. The molecule has 0 aliphatic carbocycles. The molecule has 8 heteroatoms. The number of nitrogens with zero attached hydrogens (tertiary/aromatic N) is 2. The Morgan fingerprint density at radius 1 is 1.42 bits per heavy atom. The Morgan fingerprint density at radius 3 is 2.84 bits per heavy atom. The fourth-order valence-electron chi connectivity index (χ4n) is 3.62. The fourth-order valence-corrected chi connectivity index (χ4v) is 5.81. The first-order chi connectivity index (χ1) is 14.9. The van der Waals surface area contributed by atoms with Crippen LogP contribution in [0.15, 0.2) is 46.9 Å². The Balaban J connectivity index is 1.68. The van der Waals surface area contributed by atoms with Gasteiger partial charge in [0.2, 0.25) is 0 Å². The number of allylic oxidation sites excluding steroid dienone is 1. The Hall–Kier alpha value is -1.93. The molecule has 1 atom stereocenters. The van der Waals surface area contributed by atoms with Gasteiger partial charge in [0.25, 0.3) is 5.56 Å². The van der Waals surface area contributed by atoms with Crippen LogP contribution in [0.5, 0.6) is 0 Å². The summed E-state index contributed by atoms with van der Waals surface area (Å²) in [6.07, 6.45) is 2.50. The van der Waals surface area contributed by atoms with E-state index in [2.05, 4.69) is 20.4 Å². The summed E-state index contributed by atoms with van der Waals surface area (Å²) in [5.41, 5.74) is 1.57. The molecular formula is C23H23ClN2O3S2. The number of thiophene rings is 1. The zero-order chi connectivity index (χ0) is 22.1. The number of thioether (sulfide) groups is 1. The zero-order valence-corrected chi connectivity index (χ0v) is 19.8. The number of aromatic nitrogens is 2. The first-order valence-electron chi connectivity index (χ1n) is 10.1. The maximum atomic E-state index is 13.4. The minimum Gasteiger partial charge on any atom is -0.372 e. The zero-order valence-electron chi connectivity index (χ0n) is 17.4. The van der Waals surface area contributed by atoms with Gasteiger partial charge in [-0.3, -0.25) is 14.2 Å². The molecule has 1 aliphatic heterocycles. The summed E-state index contributed by atoms with van der Waals surface area (Å²) < 4.78 is 7.59. The second-order valence-corrected chi connectivity index (χ2v) is 10.3. The molecule has 4 rings (SSSR count). The van der Waals surface area contributed by atoms with Crippen molar-refractivity contribution in [3.05, 3.63) is 68.3 Å². The Morgan fingerprint density at radius 2 is 2.16 bits per heavy atom. The van der Waals surface area contributed by atoms with Crippen LogP contribution < -0.4 is 5.56 Å². The van der Waals surface area contributed by atoms with E-state index < -0.39 is 0 Å². The van der Waals surface area contributed by atoms with Crippen molar-refractivity contribution in [3.8, 4) is 0 Å². The highest BCUT2D eigenvalue weighted by Gasteiger charge is 2.28. The number of ketones is 1. The van der Waals surface area contributed by atoms with Crippen molar-refractivity contribution in [2.24, 2.45) is 5.92 Å². The summed E-state index contributed by atoms with van der Waals surface area (Å²) in [6, 6.07) is 6.80. The highest BCUT2D eigenvalue weighted by atomic mass is 35.5. The molecule has 162 valence electrons. The molecule has 3 heterocycles. The molecule has 1 unspecified atom stereocenters. The molecule has 1 aromatic carbocycles. The van der Waals surface area contributed by atoms with Crippen molar-refractivity contribution in [3.63, 3.8) is 0 Å². The summed E-state index contributed by atoms with van der Waals surface area (Å²) >= 11 is 8.69. The number of carbonyl (C=O) groups is 1. The van der Waals surface area contributed by atoms with E-state index in [1.54, 1.807) is 34.9 Å². The average molecular weight is 475 g/mol. The van der Waals surface area contributed by atoms with E-state index in [4.69, 9.17) is 21.3 Å². The SMILES string of the molecule is C=CCn1c(SCC(=O)c2ccc(Cl)cc2)nc2sc3c(c2c1=O)CC(C(C)C)OC3. The molecule has 3 aromatic rings. The Labute approximate surface area is 194 Å². The predicted molar refractivity (Wildman–Crippen MR) is 128 cm³/mol. The van der Waals surface area contributed by atoms with E-state index in [1.165, 1.54) is 23.1 Å². The van der Waals surface area contributed by atoms with Gasteiger partial charge in [0.15, 0.2) is 10.9 Å². The molecule has 0 fully saturated rings. The third-order valence-corrected chi connectivity index (χ3v) is 7.67. The number of carbonyl (C=O) groups excluding carboxylic acids is 1. The molecule has 5 nitrogen and oxygen atoms in total. The highest BCUT2D eigenvalue weighted by molar-refractivity contribution is 7.99. The minimum absolute atomic E-state index is 0.0418. The van der Waals surface area contributed by atoms with Gasteiger partial charge in [0.05, 0.1) is 23.8 Å². The third kappa shape index (κ3) is 4.51. The maximum Gasteiger partial charge on any atom is 0.263 e. The molecule has 0 N–H and O–H groups in total. The van der Waals surface area contributed by atoms with Gasteiger partial charge in [-0.05, 0) is 35.7 Å². The molecule has 0 spiro atoms. The van der Waals surface area contributed by atoms with E-state index in [0.29, 0.717) is 45.0 Å². The van der Waals surface area contributed by atoms with Crippen molar-refractivity contribution in [1.82, 2.24) is 9.55 Å². The van der Waals surface area contributed by atoms with Gasteiger partial charge in [0, 0.05) is 28.4 Å². The second kappa shape index (κ2) is 9.28. The van der Waals surface area contributed by atoms with E-state index in [-0.39, 0.29) is 23.2 Å². The summed E-state index contributed by atoms with van der Waals surface area (Å²) in [5.74, 6) is 0.514. The molecule has 0 bridgehead atoms. The third-order valence-electron chi connectivity index (χ3n) is 5.35. The molecule has 0 saturated carbocycles. The number of fused-ring (bicyclic) bond motifs is 3. The van der Waals surface area contributed by atoms with Gasteiger partial charge in [0.1, 0.15) is 4.83 Å². The highest BCUT2D eigenvalue weighted by Crippen LogP contribution is 2.36. The van der Waals surface area contributed by atoms with E-state index in [0.717, 1.165) is 16.9 Å². The number of hydrogen-bond acceptors (Lipinski definition) is 6. The topological polar surface area (TPSA) is 61.2 Å². The quantitative estimate of drug-likeness (QED) is 0.199. The molecule has 31 heavy (non-hydrogen) atoms. The molecule has 0 saturated heterocycles. The number of ether oxygens (including phenoxy) is 1. The lowest BCUT2D eigenvalue weighted by Crippen LogP contribution is -2.28. The van der Waals surface area contributed by atoms with Gasteiger partial charge in [-0.15, -0.1) is 17.9 Å². The van der Waals surface area contributed by atoms with Crippen molar-refractivity contribution >= 4 is 50.7 Å². The summed E-state index contributed by atoms with van der Waals surface area (Å²) in [6.45, 7) is 8.90. The molecule has 0 radical (unpaired) electrons. The second-order valence-electron chi connectivity index (χ2n) is 7.80. The lowest BCUT2D eigenvalue weighted by Gasteiger charge is -2.26. The average Bonchev–Trinajstić information content (AvgIpc) is 3.12. The van der Waals surface area contributed by atoms with E-state index in [1.807, 2.05) is 0 Å². The van der Waals surface area contributed by atoms with Crippen LogP contribution in [0.1, 0.15) is 34.6 Å². The van der Waals surface area contributed by atoms with Crippen LogP contribution >= 0.6 is 34.7 Å². The Kier molecular flexibility index (Phi) is 6.67. The lowest BCUT2D eigenvalue weighted by molar-refractivity contribution is 0.00200. The predicted octanol–water partition coefficient (Wildman–Crippen LogP) is 5.37. The smallest absolute Gasteiger partial charge is 0.263 e. The number of rotatable bonds is 7. The van der Waals surface area contributed by atoms with Crippen molar-refractivity contribution in [2.75, 3.05) is 5.75 Å². The largest absolute Gasteiger partial charge is 0.372 e. The van der Waals surface area contributed by atoms with Gasteiger partial charge in [-0.2, -0.15) is 0 Å². The summed E-state index contributed by atoms with van der Waals surface area (Å²) in [4.78, 5) is 32.6. The van der Waals surface area contributed by atoms with Crippen LogP contribution in [-0.2, 0) is 24.3 Å². The summed E-state index contributed by atoms with van der Waals surface area (Å²) in [5, 5.41) is 1.80. The van der Waals surface area contributed by atoms with Crippen LogP contribution in [0.2, 0.25) is 5.02 Å². The number of Topliss-reactive ketones (excluding diaryl/α,β-unsaturated/α-hetero) is 1. The number of halogens is 1. The van der Waals surface area contributed by atoms with Crippen LogP contribution in [0.3, 0.4) is 0 Å². The standard InChI is InChI=1S/C23H23ClN2O3S2/c1-4-9-26-22(28)20-16-10-18(13(2)3)29-11-19(16)31-21(20)25-23(26)30-12-17(27)14-5-7-15(24)8-6-14/h4-8,13,18H,1,9-12H2,2-3H3. The van der Waals surface area contributed by atoms with Gasteiger partial charge >= 0.3 is 0 Å². The Bertz CT molecular complexity index is 1200. The molecular weight excluding hydrogens is 452 g/mol. The minimum atomic E-state index is -0.0757. The molecule has 1 aliphatic rings. The van der Waals surface area contributed by atoms with Gasteiger partial charge < -0.3 is 4.74 Å². The summed E-state index contributed by atoms with van der Waals surface area (Å²) in [7, 11) is 0. The first-order valence-corrected chi connectivity index (χ1v) is 12.3. The molecule has 2 aromatic heterocycles. The van der Waals surface area contributed by atoms with Gasteiger partial charge in [-0.1, -0.05) is 43.3 Å². The van der Waals surface area contributed by atoms with E-state index >= 15 is 0 Å². The van der Waals surface area contributed by atoms with E-state index in [9.17, 15) is 9.59 Å². The van der Waals surface area contributed by atoms with Gasteiger partial charge in [-0.25, -0.2) is 4.98 Å². The first kappa shape index (κ1) is 22.3. The lowest BCUT2D eigenvalue weighted by atomic mass is 9.96. The van der Waals surface area contributed by atoms with Crippen molar-refractivity contribution < 1.29 is 9.53 Å². The maximum absolute atomic E-state index is 13.4.